The van der Waals surface area contributed by atoms with Gasteiger partial charge in [-0.15, -0.1) is 0 Å². The fraction of sp³-hybridized carbons (Fsp3) is 0.300. The van der Waals surface area contributed by atoms with E-state index < -0.39 is 34.5 Å². The van der Waals surface area contributed by atoms with Crippen LogP contribution in [0.2, 0.25) is 5.02 Å². The van der Waals surface area contributed by atoms with Crippen molar-refractivity contribution in [2.24, 2.45) is 0 Å². The third kappa shape index (κ3) is 6.45. The van der Waals surface area contributed by atoms with Crippen LogP contribution < -0.4 is 14.8 Å². The van der Waals surface area contributed by atoms with Crippen molar-refractivity contribution >= 4 is 33.5 Å². The summed E-state index contributed by atoms with van der Waals surface area (Å²) in [6, 6.07) is 11.1. The highest BCUT2D eigenvalue weighted by Crippen LogP contribution is 2.24. The highest BCUT2D eigenvalue weighted by Gasteiger charge is 2.24. The molecule has 162 valence electrons. The second kappa shape index (κ2) is 10.4. The van der Waals surface area contributed by atoms with Gasteiger partial charge >= 0.3 is 5.97 Å². The van der Waals surface area contributed by atoms with E-state index in [9.17, 15) is 18.0 Å². The van der Waals surface area contributed by atoms with Crippen LogP contribution in [0.3, 0.4) is 0 Å². The summed E-state index contributed by atoms with van der Waals surface area (Å²) >= 11 is 5.75. The zero-order valence-corrected chi connectivity index (χ0v) is 18.3. The van der Waals surface area contributed by atoms with Gasteiger partial charge in [-0.05, 0) is 44.2 Å². The molecule has 0 bridgehead atoms. The van der Waals surface area contributed by atoms with Gasteiger partial charge in [0.05, 0.1) is 18.0 Å². The Morgan fingerprint density at radius 1 is 1.07 bits per heavy atom. The highest BCUT2D eigenvalue weighted by atomic mass is 35.5. The highest BCUT2D eigenvalue weighted by molar-refractivity contribution is 7.89. The fourth-order valence-corrected chi connectivity index (χ4v) is 3.93. The number of sulfonamides is 1. The first-order chi connectivity index (χ1) is 14.1. The van der Waals surface area contributed by atoms with Crippen molar-refractivity contribution < 1.29 is 27.5 Å². The van der Waals surface area contributed by atoms with Gasteiger partial charge in [0.25, 0.3) is 5.91 Å². The van der Waals surface area contributed by atoms with Gasteiger partial charge in [-0.25, -0.2) is 8.42 Å². The molecule has 1 unspecified atom stereocenters. The maximum atomic E-state index is 12.3. The summed E-state index contributed by atoms with van der Waals surface area (Å²) in [5.41, 5.74) is 0.767. The van der Waals surface area contributed by atoms with E-state index in [1.165, 1.54) is 38.3 Å². The van der Waals surface area contributed by atoms with Crippen LogP contribution in [0.1, 0.15) is 25.5 Å². The minimum Gasteiger partial charge on any atom is -0.496 e. The molecular formula is C20H23ClN2O6S. The largest absolute Gasteiger partial charge is 0.496 e. The Bertz CT molecular complexity index is 995. The molecular weight excluding hydrogens is 432 g/mol. The van der Waals surface area contributed by atoms with Crippen molar-refractivity contribution in [3.63, 3.8) is 0 Å². The van der Waals surface area contributed by atoms with E-state index in [-0.39, 0.29) is 10.9 Å². The second-order valence-corrected chi connectivity index (χ2v) is 8.59. The minimum atomic E-state index is -3.95. The summed E-state index contributed by atoms with van der Waals surface area (Å²) in [6.07, 6.45) is 0. The van der Waals surface area contributed by atoms with Crippen LogP contribution in [0.5, 0.6) is 5.75 Å². The van der Waals surface area contributed by atoms with Gasteiger partial charge in [0.1, 0.15) is 11.8 Å². The number of halogens is 1. The van der Waals surface area contributed by atoms with Gasteiger partial charge in [-0.3, -0.25) is 9.59 Å². The number of benzene rings is 2. The lowest BCUT2D eigenvalue weighted by Gasteiger charge is -2.18. The number of carbonyl (C=O) groups is 2. The number of para-hydroxylation sites is 1. The van der Waals surface area contributed by atoms with Gasteiger partial charge < -0.3 is 14.8 Å². The minimum absolute atomic E-state index is 0.0464. The van der Waals surface area contributed by atoms with Crippen molar-refractivity contribution in [2.75, 3.05) is 13.7 Å². The van der Waals surface area contributed by atoms with Crippen LogP contribution in [0.25, 0.3) is 0 Å². The quantitative estimate of drug-likeness (QED) is 0.563. The molecule has 0 heterocycles. The maximum Gasteiger partial charge on any atom is 0.324 e. The molecule has 0 saturated carbocycles. The van der Waals surface area contributed by atoms with Crippen LogP contribution in [-0.4, -0.2) is 40.1 Å². The number of methoxy groups -OCH3 is 1. The first-order valence-electron chi connectivity index (χ1n) is 9.01. The predicted octanol–water partition coefficient (Wildman–Crippen LogP) is 2.44. The number of amides is 1. The summed E-state index contributed by atoms with van der Waals surface area (Å²) in [4.78, 5) is 24.2. The third-order valence-electron chi connectivity index (χ3n) is 4.14. The normalized spacial score (nSPS) is 13.2. The van der Waals surface area contributed by atoms with Crippen molar-refractivity contribution in [1.29, 1.82) is 0 Å². The molecule has 0 aliphatic heterocycles. The van der Waals surface area contributed by atoms with Crippen LogP contribution in [0.4, 0.5) is 0 Å². The first-order valence-corrected chi connectivity index (χ1v) is 10.9. The molecule has 2 atom stereocenters. The number of esters is 1. The summed E-state index contributed by atoms with van der Waals surface area (Å²) in [6.45, 7) is 2.54. The average Bonchev–Trinajstić information content (AvgIpc) is 2.71. The topological polar surface area (TPSA) is 111 Å². The van der Waals surface area contributed by atoms with Gasteiger partial charge in [0, 0.05) is 10.6 Å². The van der Waals surface area contributed by atoms with Gasteiger partial charge in [-0.2, -0.15) is 4.72 Å². The molecule has 0 spiro atoms. The Balaban J connectivity index is 1.88. The molecule has 2 aromatic carbocycles. The van der Waals surface area contributed by atoms with Crippen LogP contribution >= 0.6 is 11.6 Å². The van der Waals surface area contributed by atoms with E-state index in [2.05, 4.69) is 10.0 Å². The van der Waals surface area contributed by atoms with E-state index in [1.807, 2.05) is 18.2 Å². The monoisotopic (exact) mass is 454 g/mol. The van der Waals surface area contributed by atoms with E-state index >= 15 is 0 Å². The molecule has 0 saturated heterocycles. The number of rotatable bonds is 9. The summed E-state index contributed by atoms with van der Waals surface area (Å²) in [5.74, 6) is -0.797. The molecule has 0 fully saturated rings. The number of carbonyl (C=O) groups excluding carboxylic acids is 2. The SMILES string of the molecule is COc1ccccc1C(C)NC(=O)COC(=O)[C@H](C)NS(=O)(=O)c1ccc(Cl)cc1. The lowest BCUT2D eigenvalue weighted by atomic mass is 10.1. The molecule has 1 amide bonds. The van der Waals surface area contributed by atoms with Crippen LogP contribution in [0, 0.1) is 0 Å². The molecule has 30 heavy (non-hydrogen) atoms. The van der Waals surface area contributed by atoms with Crippen molar-refractivity contribution in [2.45, 2.75) is 30.8 Å². The molecule has 2 N–H and O–H groups in total. The molecule has 0 aliphatic rings. The number of hydrogen-bond donors (Lipinski definition) is 2. The van der Waals surface area contributed by atoms with Crippen LogP contribution in [0.15, 0.2) is 53.4 Å². The lowest BCUT2D eigenvalue weighted by molar-refractivity contribution is -0.149. The Morgan fingerprint density at radius 2 is 1.70 bits per heavy atom. The molecule has 0 aliphatic carbocycles. The van der Waals surface area contributed by atoms with E-state index in [0.29, 0.717) is 10.8 Å². The molecule has 0 radical (unpaired) electrons. The fourth-order valence-electron chi connectivity index (χ4n) is 2.61. The zero-order valence-electron chi connectivity index (χ0n) is 16.7. The van der Waals surface area contributed by atoms with Crippen molar-refractivity contribution in [3.8, 4) is 5.75 Å². The van der Waals surface area contributed by atoms with E-state index in [1.54, 1.807) is 13.0 Å². The molecule has 2 rings (SSSR count). The lowest BCUT2D eigenvalue weighted by Crippen LogP contribution is -2.41. The Labute approximate surface area is 180 Å². The first kappa shape index (κ1) is 23.7. The summed E-state index contributed by atoms with van der Waals surface area (Å²) < 4.78 is 37.0. The van der Waals surface area contributed by atoms with Gasteiger partial charge in [0.15, 0.2) is 6.61 Å². The van der Waals surface area contributed by atoms with E-state index in [0.717, 1.165) is 5.56 Å². The summed E-state index contributed by atoms with van der Waals surface area (Å²) in [7, 11) is -2.42. The standard InChI is InChI=1S/C20H23ClN2O6S/c1-13(17-6-4-5-7-18(17)28-3)22-19(24)12-29-20(25)14(2)23-30(26,27)16-10-8-15(21)9-11-16/h4-11,13-14,23H,12H2,1-3H3,(H,22,24)/t13?,14-/m0/s1. The van der Waals surface area contributed by atoms with E-state index in [4.69, 9.17) is 21.1 Å². The predicted molar refractivity (Wildman–Crippen MR) is 112 cm³/mol. The Kier molecular flexibility index (Phi) is 8.22. The molecule has 8 nitrogen and oxygen atoms in total. The summed E-state index contributed by atoms with van der Waals surface area (Å²) in [5, 5.41) is 3.08. The van der Waals surface area contributed by atoms with Gasteiger partial charge in [0.2, 0.25) is 10.0 Å². The number of nitrogens with one attached hydrogen (secondary N) is 2. The Morgan fingerprint density at radius 3 is 2.33 bits per heavy atom. The zero-order chi connectivity index (χ0) is 22.3. The van der Waals surface area contributed by atoms with Crippen molar-refractivity contribution in [3.05, 3.63) is 59.1 Å². The Hall–Kier alpha value is -2.62. The maximum absolute atomic E-state index is 12.3. The number of ether oxygens (including phenoxy) is 2. The second-order valence-electron chi connectivity index (χ2n) is 6.44. The smallest absolute Gasteiger partial charge is 0.324 e. The average molecular weight is 455 g/mol. The number of hydrogen-bond acceptors (Lipinski definition) is 6. The third-order valence-corrected chi connectivity index (χ3v) is 5.95. The molecule has 2 aromatic rings. The van der Waals surface area contributed by atoms with Crippen LogP contribution in [-0.2, 0) is 24.3 Å². The molecule has 10 heteroatoms. The van der Waals surface area contributed by atoms with Crippen molar-refractivity contribution in [1.82, 2.24) is 10.0 Å². The molecule has 0 aromatic heterocycles. The van der Waals surface area contributed by atoms with Gasteiger partial charge in [-0.1, -0.05) is 29.8 Å².